The summed E-state index contributed by atoms with van der Waals surface area (Å²) in [5, 5.41) is 14.7. The van der Waals surface area contributed by atoms with Gasteiger partial charge in [-0.05, 0) is 100 Å². The van der Waals surface area contributed by atoms with Gasteiger partial charge in [0.15, 0.2) is 11.6 Å². The Morgan fingerprint density at radius 2 is 1.83 bits per heavy atom. The van der Waals surface area contributed by atoms with Crippen LogP contribution >= 0.6 is 0 Å². The first-order chi connectivity index (χ1) is 22.9. The molecule has 1 aromatic heterocycles. The number of hydroxylamine groups is 2. The summed E-state index contributed by atoms with van der Waals surface area (Å²) in [5.41, 5.74) is 9.12. The van der Waals surface area contributed by atoms with Crippen molar-refractivity contribution in [3.63, 3.8) is 0 Å². The number of nitrogens with zero attached hydrogens (tertiary/aromatic N) is 5. The smallest absolute Gasteiger partial charge is 0.324 e. The summed E-state index contributed by atoms with van der Waals surface area (Å²) in [5.74, 6) is 2.02. The van der Waals surface area contributed by atoms with Crippen LogP contribution in [0.2, 0.25) is 0 Å². The third-order valence-corrected chi connectivity index (χ3v) is 10.5. The molecule has 0 aliphatic carbocycles. The van der Waals surface area contributed by atoms with Crippen molar-refractivity contribution in [2.75, 3.05) is 24.6 Å². The van der Waals surface area contributed by atoms with Gasteiger partial charge in [0, 0.05) is 19.0 Å². The highest BCUT2D eigenvalue weighted by Gasteiger charge is 2.43. The van der Waals surface area contributed by atoms with Crippen molar-refractivity contribution in [2.24, 2.45) is 11.7 Å². The Morgan fingerprint density at radius 3 is 2.48 bits per heavy atom. The number of ether oxygens (including phenoxy) is 1. The topological polar surface area (TPSA) is 165 Å². The first-order valence-corrected chi connectivity index (χ1v) is 18.2. The van der Waals surface area contributed by atoms with E-state index < -0.39 is 28.2 Å². The highest BCUT2D eigenvalue weighted by molar-refractivity contribution is 7.86. The molecule has 2 aliphatic heterocycles. The maximum absolute atomic E-state index is 13.5. The lowest BCUT2D eigenvalue weighted by Crippen LogP contribution is -2.48. The fourth-order valence-electron chi connectivity index (χ4n) is 6.28. The van der Waals surface area contributed by atoms with Crippen molar-refractivity contribution in [2.45, 2.75) is 102 Å². The molecular weight excluding hydrogens is 632 g/mol. The Bertz CT molecular complexity index is 1690. The van der Waals surface area contributed by atoms with E-state index >= 15 is 0 Å². The van der Waals surface area contributed by atoms with Crippen molar-refractivity contribution in [1.29, 1.82) is 5.26 Å². The van der Waals surface area contributed by atoms with Gasteiger partial charge in [-0.2, -0.15) is 22.9 Å². The van der Waals surface area contributed by atoms with E-state index in [9.17, 15) is 18.5 Å². The van der Waals surface area contributed by atoms with Crippen molar-refractivity contribution in [3.8, 4) is 11.8 Å². The fourth-order valence-corrected chi connectivity index (χ4v) is 7.27. The second kappa shape index (κ2) is 15.6. The second-order valence-electron chi connectivity index (χ2n) is 13.3. The number of hydrogen-bond donors (Lipinski definition) is 1. The molecule has 258 valence electrons. The summed E-state index contributed by atoms with van der Waals surface area (Å²) in [7, 11) is -4.24. The average molecular weight is 679 g/mol. The maximum Gasteiger partial charge on any atom is 0.324 e. The van der Waals surface area contributed by atoms with E-state index in [2.05, 4.69) is 35.0 Å². The molecule has 2 aromatic carbocycles. The van der Waals surface area contributed by atoms with E-state index in [-0.39, 0.29) is 29.4 Å². The Morgan fingerprint density at radius 1 is 1.10 bits per heavy atom. The number of anilines is 1. The van der Waals surface area contributed by atoms with E-state index in [0.717, 1.165) is 72.1 Å². The van der Waals surface area contributed by atoms with Gasteiger partial charge < -0.3 is 19.9 Å². The first kappa shape index (κ1) is 35.5. The van der Waals surface area contributed by atoms with Gasteiger partial charge in [-0.25, -0.2) is 0 Å². The standard InChI is InChI=1S/C35H46N6O6S/c1-23(2)34-38-35(46-39-34)40-17-15-26(16-18-40)6-5-19-45-29-11-9-27(25(4)20-29)21-31(37)33(42)32-14-10-28(22-36)41(32)47-48(43,44)30-12-7-24(3)8-13-30/h7-9,11-13,20,23,26,28,31-32H,5-6,10,14-19,21,37H2,1-4H3/t28?,31?,32-/m0/s1. The zero-order valence-corrected chi connectivity index (χ0v) is 29.0. The zero-order chi connectivity index (χ0) is 34.4. The van der Waals surface area contributed by atoms with E-state index in [1.165, 1.54) is 12.1 Å². The van der Waals surface area contributed by atoms with Crippen LogP contribution in [0.5, 0.6) is 5.75 Å². The molecule has 0 saturated carbocycles. The van der Waals surface area contributed by atoms with Gasteiger partial charge in [0.2, 0.25) is 0 Å². The van der Waals surface area contributed by atoms with Crippen molar-refractivity contribution in [3.05, 3.63) is 65.0 Å². The SMILES string of the molecule is Cc1ccc(S(=O)(=O)ON2C(C#N)CC[C@H]2C(=O)C(N)Cc2ccc(OCCCC3CCN(c4nc(C(C)C)no4)CC3)cc2C)cc1. The lowest BCUT2D eigenvalue weighted by Gasteiger charge is -2.30. The molecule has 2 unspecified atom stereocenters. The molecule has 2 N–H and O–H groups in total. The van der Waals surface area contributed by atoms with Gasteiger partial charge in [0.05, 0.1) is 29.7 Å². The first-order valence-electron chi connectivity index (χ1n) is 16.7. The molecule has 5 rings (SSSR count). The van der Waals surface area contributed by atoms with Crippen LogP contribution in [0, 0.1) is 31.1 Å². The lowest BCUT2D eigenvalue weighted by atomic mass is 9.92. The molecule has 0 radical (unpaired) electrons. The quantitative estimate of drug-likeness (QED) is 0.227. The molecule has 3 atom stereocenters. The van der Waals surface area contributed by atoms with Crippen LogP contribution in [0.15, 0.2) is 51.9 Å². The number of carbonyl (C=O) groups excluding carboxylic acids is 1. The van der Waals surface area contributed by atoms with Crippen LogP contribution in [-0.2, 0) is 25.6 Å². The molecular formula is C35H46N6O6S. The van der Waals surface area contributed by atoms with Crippen molar-refractivity contribution < 1.29 is 26.8 Å². The number of Topliss-reactive ketones (excluding diaryl/α,β-unsaturated/α-hetero) is 1. The van der Waals surface area contributed by atoms with E-state index in [1.54, 1.807) is 12.1 Å². The van der Waals surface area contributed by atoms with E-state index in [4.69, 9.17) is 19.3 Å². The van der Waals surface area contributed by atoms with Crippen molar-refractivity contribution >= 4 is 21.9 Å². The second-order valence-corrected chi connectivity index (χ2v) is 14.8. The minimum absolute atomic E-state index is 0.0487. The normalized spacial score (nSPS) is 19.8. The molecule has 12 nitrogen and oxygen atoms in total. The number of hydrogen-bond acceptors (Lipinski definition) is 12. The third kappa shape index (κ3) is 8.60. The molecule has 0 amide bonds. The highest BCUT2D eigenvalue weighted by Crippen LogP contribution is 2.30. The molecule has 0 spiro atoms. The molecule has 2 fully saturated rings. The third-order valence-electron chi connectivity index (χ3n) is 9.28. The minimum Gasteiger partial charge on any atom is -0.494 e. The minimum atomic E-state index is -4.24. The van der Waals surface area contributed by atoms with Crippen LogP contribution < -0.4 is 15.4 Å². The van der Waals surface area contributed by atoms with Crippen LogP contribution in [-0.4, -0.2) is 67.2 Å². The molecule has 3 aromatic rings. The molecule has 13 heteroatoms. The van der Waals surface area contributed by atoms with Gasteiger partial charge in [-0.3, -0.25) is 4.79 Å². The molecule has 2 saturated heterocycles. The highest BCUT2D eigenvalue weighted by atomic mass is 32.2. The number of aromatic nitrogens is 2. The predicted molar refractivity (Wildman–Crippen MR) is 180 cm³/mol. The van der Waals surface area contributed by atoms with Gasteiger partial charge >= 0.3 is 16.1 Å². The number of ketones is 1. The number of rotatable bonds is 14. The summed E-state index contributed by atoms with van der Waals surface area (Å²) < 4.78 is 42.9. The van der Waals surface area contributed by atoms with Gasteiger partial charge in [0.25, 0.3) is 0 Å². The number of nitriles is 1. The van der Waals surface area contributed by atoms with Crippen molar-refractivity contribution in [1.82, 2.24) is 15.2 Å². The Labute approximate surface area is 283 Å². The number of carbonyl (C=O) groups is 1. The Kier molecular flexibility index (Phi) is 11.5. The predicted octanol–water partition coefficient (Wildman–Crippen LogP) is 5.00. The number of benzene rings is 2. The lowest BCUT2D eigenvalue weighted by molar-refractivity contribution is -0.139. The van der Waals surface area contributed by atoms with Crippen LogP contribution in [0.1, 0.15) is 80.8 Å². The summed E-state index contributed by atoms with van der Waals surface area (Å²) in [6.45, 7) is 10.3. The van der Waals surface area contributed by atoms with Crippen LogP contribution in [0.3, 0.4) is 0 Å². The molecule has 2 aliphatic rings. The largest absolute Gasteiger partial charge is 0.494 e. The van der Waals surface area contributed by atoms with Gasteiger partial charge in [0.1, 0.15) is 11.8 Å². The zero-order valence-electron chi connectivity index (χ0n) is 28.2. The number of aryl methyl sites for hydroxylation is 2. The fraction of sp³-hybridized carbons (Fsp3) is 0.543. The maximum atomic E-state index is 13.5. The van der Waals surface area contributed by atoms with Gasteiger partial charge in [-0.1, -0.05) is 42.8 Å². The summed E-state index contributed by atoms with van der Waals surface area (Å²) in [4.78, 5) is 20.1. The molecule has 0 bridgehead atoms. The number of nitrogens with two attached hydrogens (primary N) is 1. The summed E-state index contributed by atoms with van der Waals surface area (Å²) in [6.07, 6.45) is 5.03. The molecule has 3 heterocycles. The average Bonchev–Trinajstić information content (AvgIpc) is 3.72. The summed E-state index contributed by atoms with van der Waals surface area (Å²) in [6, 6.07) is 11.9. The number of piperidine rings is 1. The monoisotopic (exact) mass is 678 g/mol. The van der Waals surface area contributed by atoms with Crippen LogP contribution in [0.4, 0.5) is 6.01 Å². The molecule has 48 heavy (non-hydrogen) atoms. The van der Waals surface area contributed by atoms with Crippen LogP contribution in [0.25, 0.3) is 0 Å². The van der Waals surface area contributed by atoms with Gasteiger partial charge in [-0.15, -0.1) is 5.06 Å². The Hall–Kier alpha value is -3.83. The summed E-state index contributed by atoms with van der Waals surface area (Å²) >= 11 is 0. The Balaban J connectivity index is 1.08. The van der Waals surface area contributed by atoms with E-state index in [1.807, 2.05) is 32.0 Å². The van der Waals surface area contributed by atoms with E-state index in [0.29, 0.717) is 25.0 Å².